The molecule has 0 heterocycles. The number of hydrogen-bond donors (Lipinski definition) is 1. The zero-order valence-corrected chi connectivity index (χ0v) is 8.87. The van der Waals surface area contributed by atoms with Crippen LogP contribution >= 0.6 is 0 Å². The Balaban J connectivity index is 2.38. The van der Waals surface area contributed by atoms with Crippen LogP contribution in [0, 0.1) is 5.92 Å². The molecule has 0 aromatic heterocycles. The van der Waals surface area contributed by atoms with Crippen molar-refractivity contribution in [3.8, 4) is 5.75 Å². The molecule has 84 valence electrons. The molecule has 0 radical (unpaired) electrons. The molecule has 1 unspecified atom stereocenters. The summed E-state index contributed by atoms with van der Waals surface area (Å²) in [6, 6.07) is 9.29. The van der Waals surface area contributed by atoms with Gasteiger partial charge in [0.05, 0.1) is 12.2 Å². The number of carbonyl (C=O) groups is 1. The van der Waals surface area contributed by atoms with Gasteiger partial charge in [0, 0.05) is 0 Å². The highest BCUT2D eigenvalue weighted by Gasteiger charge is 2.10. The number of para-hydroxylation sites is 1. The summed E-state index contributed by atoms with van der Waals surface area (Å²) in [5, 5.41) is 8.74. The molecule has 0 fully saturated rings. The number of carboxylic acid groups (broad SMARTS) is 1. The van der Waals surface area contributed by atoms with Crippen LogP contribution in [0.3, 0.4) is 0 Å². The number of rotatable bonds is 6. The summed E-state index contributed by atoms with van der Waals surface area (Å²) in [5.74, 6) is -0.709. The van der Waals surface area contributed by atoms with Gasteiger partial charge in [0.25, 0.3) is 0 Å². The van der Waals surface area contributed by atoms with E-state index in [1.165, 1.54) is 12.3 Å². The Kier molecular flexibility index (Phi) is 4.86. The monoisotopic (exact) mass is 218 g/mol. The van der Waals surface area contributed by atoms with Crippen LogP contribution in [0.5, 0.6) is 5.75 Å². The zero-order valence-electron chi connectivity index (χ0n) is 8.87. The maximum absolute atomic E-state index is 10.6. The summed E-state index contributed by atoms with van der Waals surface area (Å²) >= 11 is 0. The van der Waals surface area contributed by atoms with Gasteiger partial charge in [-0.1, -0.05) is 24.3 Å². The van der Waals surface area contributed by atoms with Crippen LogP contribution in [0.2, 0.25) is 0 Å². The van der Waals surface area contributed by atoms with E-state index in [9.17, 15) is 4.79 Å². The van der Waals surface area contributed by atoms with E-state index in [2.05, 4.69) is 6.58 Å². The molecule has 1 aromatic rings. The smallest absolute Gasteiger partial charge is 0.310 e. The zero-order chi connectivity index (χ0) is 11.8. The summed E-state index contributed by atoms with van der Waals surface area (Å²) in [6.07, 6.45) is 4.96. The molecule has 1 aromatic carbocycles. The van der Waals surface area contributed by atoms with Crippen molar-refractivity contribution < 1.29 is 14.6 Å². The number of hydrogen-bond acceptors (Lipinski definition) is 2. The minimum absolute atomic E-state index is 0.381. The fourth-order valence-corrected chi connectivity index (χ4v) is 1.13. The van der Waals surface area contributed by atoms with Crippen LogP contribution in [0.15, 0.2) is 55.3 Å². The number of allylic oxidation sites excluding steroid dienone is 1. The van der Waals surface area contributed by atoms with Gasteiger partial charge >= 0.3 is 5.97 Å². The molecule has 1 atom stereocenters. The number of benzene rings is 1. The first-order valence-corrected chi connectivity index (χ1v) is 4.96. The van der Waals surface area contributed by atoms with Crippen LogP contribution in [-0.2, 0) is 4.79 Å². The Morgan fingerprint density at radius 1 is 1.44 bits per heavy atom. The molecule has 0 aliphatic heterocycles. The largest absolute Gasteiger partial charge is 0.481 e. The number of carboxylic acids is 1. The fraction of sp³-hybridized carbons (Fsp3) is 0.154. The van der Waals surface area contributed by atoms with Crippen molar-refractivity contribution in [3.05, 3.63) is 55.3 Å². The molecule has 0 aliphatic carbocycles. The Labute approximate surface area is 94.7 Å². The van der Waals surface area contributed by atoms with Crippen LogP contribution in [0.1, 0.15) is 6.42 Å². The highest BCUT2D eigenvalue weighted by Crippen LogP contribution is 2.10. The van der Waals surface area contributed by atoms with E-state index in [1.54, 1.807) is 6.08 Å². The molecule has 0 amide bonds. The summed E-state index contributed by atoms with van der Waals surface area (Å²) < 4.78 is 5.27. The molecule has 0 saturated heterocycles. The molecule has 3 nitrogen and oxygen atoms in total. The molecule has 0 spiro atoms. The number of ether oxygens (including phenoxy) is 1. The highest BCUT2D eigenvalue weighted by molar-refractivity contribution is 5.72. The summed E-state index contributed by atoms with van der Waals surface area (Å²) in [7, 11) is 0. The van der Waals surface area contributed by atoms with Crippen molar-refractivity contribution in [3.63, 3.8) is 0 Å². The predicted octanol–water partition coefficient (Wildman–Crippen LogP) is 2.86. The average molecular weight is 218 g/mol. The first-order chi connectivity index (χ1) is 7.74. The molecular weight excluding hydrogens is 204 g/mol. The molecular formula is C13H14O3. The third-order valence-electron chi connectivity index (χ3n) is 2.04. The topological polar surface area (TPSA) is 46.5 Å². The SMILES string of the molecule is C=CC(C/C=C/Oc1ccccc1)C(=O)O. The lowest BCUT2D eigenvalue weighted by molar-refractivity contribution is -0.139. The van der Waals surface area contributed by atoms with Crippen molar-refractivity contribution in [2.45, 2.75) is 6.42 Å². The van der Waals surface area contributed by atoms with Gasteiger partial charge in [-0.3, -0.25) is 4.79 Å². The van der Waals surface area contributed by atoms with Crippen LogP contribution in [0.25, 0.3) is 0 Å². The van der Waals surface area contributed by atoms with Crippen molar-refractivity contribution in [1.29, 1.82) is 0 Å². The average Bonchev–Trinajstić information content (AvgIpc) is 2.30. The molecule has 0 saturated carbocycles. The lowest BCUT2D eigenvalue weighted by Crippen LogP contribution is -2.09. The summed E-state index contributed by atoms with van der Waals surface area (Å²) in [5.41, 5.74) is 0. The van der Waals surface area contributed by atoms with E-state index in [0.29, 0.717) is 6.42 Å². The normalized spacial score (nSPS) is 12.2. The van der Waals surface area contributed by atoms with Crippen LogP contribution in [0.4, 0.5) is 0 Å². The Morgan fingerprint density at radius 2 is 2.12 bits per heavy atom. The van der Waals surface area contributed by atoms with Crippen LogP contribution in [-0.4, -0.2) is 11.1 Å². The third-order valence-corrected chi connectivity index (χ3v) is 2.04. The molecule has 0 bridgehead atoms. The molecule has 0 aliphatic rings. The predicted molar refractivity (Wildman–Crippen MR) is 62.1 cm³/mol. The van der Waals surface area contributed by atoms with Crippen molar-refractivity contribution in [2.75, 3.05) is 0 Å². The van der Waals surface area contributed by atoms with E-state index in [-0.39, 0.29) is 0 Å². The van der Waals surface area contributed by atoms with E-state index >= 15 is 0 Å². The van der Waals surface area contributed by atoms with Crippen molar-refractivity contribution in [1.82, 2.24) is 0 Å². The third kappa shape index (κ3) is 4.00. The van der Waals surface area contributed by atoms with Crippen molar-refractivity contribution in [2.24, 2.45) is 5.92 Å². The maximum atomic E-state index is 10.6. The van der Waals surface area contributed by atoms with Gasteiger partial charge in [0.15, 0.2) is 0 Å². The van der Waals surface area contributed by atoms with E-state index in [4.69, 9.17) is 9.84 Å². The number of aliphatic carboxylic acids is 1. The summed E-state index contributed by atoms with van der Waals surface area (Å²) in [4.78, 5) is 10.6. The summed E-state index contributed by atoms with van der Waals surface area (Å²) in [6.45, 7) is 3.46. The Morgan fingerprint density at radius 3 is 2.69 bits per heavy atom. The van der Waals surface area contributed by atoms with Gasteiger partial charge < -0.3 is 9.84 Å². The van der Waals surface area contributed by atoms with Gasteiger partial charge in [-0.25, -0.2) is 0 Å². The van der Waals surface area contributed by atoms with Gasteiger partial charge in [-0.2, -0.15) is 0 Å². The van der Waals surface area contributed by atoms with Gasteiger partial charge in [-0.05, 0) is 24.6 Å². The van der Waals surface area contributed by atoms with E-state index in [0.717, 1.165) is 5.75 Å². The fourth-order valence-electron chi connectivity index (χ4n) is 1.13. The lowest BCUT2D eigenvalue weighted by atomic mass is 10.1. The van der Waals surface area contributed by atoms with E-state index < -0.39 is 11.9 Å². The molecule has 16 heavy (non-hydrogen) atoms. The Bertz CT molecular complexity index is 368. The maximum Gasteiger partial charge on any atom is 0.310 e. The van der Waals surface area contributed by atoms with E-state index in [1.807, 2.05) is 30.3 Å². The molecule has 3 heteroatoms. The second-order valence-corrected chi connectivity index (χ2v) is 3.22. The molecule has 1 rings (SSSR count). The highest BCUT2D eigenvalue weighted by atomic mass is 16.5. The van der Waals surface area contributed by atoms with Crippen molar-refractivity contribution >= 4 is 5.97 Å². The van der Waals surface area contributed by atoms with Gasteiger partial charge in [0.1, 0.15) is 5.75 Å². The first-order valence-electron chi connectivity index (χ1n) is 4.96. The lowest BCUT2D eigenvalue weighted by Gasteiger charge is -2.02. The minimum atomic E-state index is -0.876. The quantitative estimate of drug-likeness (QED) is 0.590. The van der Waals surface area contributed by atoms with Gasteiger partial charge in [0.2, 0.25) is 0 Å². The second-order valence-electron chi connectivity index (χ2n) is 3.22. The standard InChI is InChI=1S/C13H14O3/c1-2-11(13(14)15)7-6-10-16-12-8-4-3-5-9-12/h2-6,8-11H,1,7H2,(H,14,15)/b10-6+. The minimum Gasteiger partial charge on any atom is -0.481 e. The molecule has 1 N–H and O–H groups in total. The second kappa shape index (κ2) is 6.45. The Hall–Kier alpha value is -2.03. The van der Waals surface area contributed by atoms with Gasteiger partial charge in [-0.15, -0.1) is 6.58 Å². The van der Waals surface area contributed by atoms with Crippen LogP contribution < -0.4 is 4.74 Å². The first kappa shape index (κ1) is 12.0.